The van der Waals surface area contributed by atoms with Crippen LogP contribution in [0.25, 0.3) is 0 Å². The third-order valence-corrected chi connectivity index (χ3v) is 1.45. The number of pyridine rings is 1. The van der Waals surface area contributed by atoms with Crippen LogP contribution in [0.2, 0.25) is 0 Å². The largest absolute Gasteiger partial charge is 0.394 e. The van der Waals surface area contributed by atoms with E-state index in [4.69, 9.17) is 10.8 Å². The second-order valence-electron chi connectivity index (χ2n) is 2.49. The van der Waals surface area contributed by atoms with Crippen LogP contribution in [0.3, 0.4) is 0 Å². The van der Waals surface area contributed by atoms with Gasteiger partial charge in [0.2, 0.25) is 5.91 Å². The molecule has 1 atom stereocenters. The summed E-state index contributed by atoms with van der Waals surface area (Å²) in [7, 11) is 0. The predicted octanol–water partition coefficient (Wildman–Crippen LogP) is -0.660. The van der Waals surface area contributed by atoms with Crippen LogP contribution in [0.5, 0.6) is 0 Å². The highest BCUT2D eigenvalue weighted by Gasteiger charge is 2.11. The molecule has 5 heteroatoms. The van der Waals surface area contributed by atoms with E-state index in [2.05, 4.69) is 10.3 Å². The van der Waals surface area contributed by atoms with Gasteiger partial charge < -0.3 is 16.2 Å². The van der Waals surface area contributed by atoms with Gasteiger partial charge in [-0.25, -0.2) is 4.98 Å². The van der Waals surface area contributed by atoms with Crippen LogP contribution >= 0.6 is 0 Å². The third kappa shape index (κ3) is 2.81. The molecule has 0 radical (unpaired) electrons. The molecule has 0 aliphatic carbocycles. The Hall–Kier alpha value is -1.46. The Kier molecular flexibility index (Phi) is 3.36. The number of hydrogen-bond donors (Lipinski definition) is 3. The van der Waals surface area contributed by atoms with E-state index in [1.807, 2.05) is 0 Å². The topological polar surface area (TPSA) is 88.2 Å². The molecule has 1 rings (SSSR count). The summed E-state index contributed by atoms with van der Waals surface area (Å²) in [5.74, 6) is -0.0161. The number of anilines is 1. The van der Waals surface area contributed by atoms with Gasteiger partial charge in [-0.1, -0.05) is 6.07 Å². The molecule has 0 spiro atoms. The molecule has 0 saturated heterocycles. The zero-order valence-electron chi connectivity index (χ0n) is 6.97. The average Bonchev–Trinajstić information content (AvgIpc) is 2.18. The minimum atomic E-state index is -0.901. The molecule has 0 saturated carbocycles. The van der Waals surface area contributed by atoms with Crippen LogP contribution in [-0.2, 0) is 4.79 Å². The monoisotopic (exact) mass is 181 g/mol. The van der Waals surface area contributed by atoms with Crippen molar-refractivity contribution in [2.24, 2.45) is 5.73 Å². The molecule has 0 aliphatic heterocycles. The number of aliphatic hydroxyl groups is 1. The van der Waals surface area contributed by atoms with Crippen molar-refractivity contribution in [2.45, 2.75) is 6.04 Å². The highest BCUT2D eigenvalue weighted by molar-refractivity contribution is 5.93. The molecule has 70 valence electrons. The van der Waals surface area contributed by atoms with E-state index >= 15 is 0 Å². The van der Waals surface area contributed by atoms with E-state index in [-0.39, 0.29) is 6.61 Å². The van der Waals surface area contributed by atoms with E-state index in [0.29, 0.717) is 5.82 Å². The van der Waals surface area contributed by atoms with Gasteiger partial charge in [-0.3, -0.25) is 4.79 Å². The fraction of sp³-hybridized carbons (Fsp3) is 0.250. The van der Waals surface area contributed by atoms with Crippen LogP contribution in [0.15, 0.2) is 24.4 Å². The Morgan fingerprint density at radius 1 is 1.69 bits per heavy atom. The first-order valence-electron chi connectivity index (χ1n) is 3.82. The summed E-state index contributed by atoms with van der Waals surface area (Å²) in [4.78, 5) is 15.0. The van der Waals surface area contributed by atoms with Gasteiger partial charge in [-0.2, -0.15) is 0 Å². The highest BCUT2D eigenvalue weighted by Crippen LogP contribution is 1.99. The Morgan fingerprint density at radius 3 is 3.00 bits per heavy atom. The number of aromatic nitrogens is 1. The Bertz CT molecular complexity index is 276. The van der Waals surface area contributed by atoms with E-state index < -0.39 is 11.9 Å². The van der Waals surface area contributed by atoms with Crippen molar-refractivity contribution >= 4 is 11.7 Å². The zero-order chi connectivity index (χ0) is 9.68. The first-order valence-corrected chi connectivity index (χ1v) is 3.82. The van der Waals surface area contributed by atoms with Gasteiger partial charge in [-0.15, -0.1) is 0 Å². The van der Waals surface area contributed by atoms with E-state index in [9.17, 15) is 4.79 Å². The molecule has 4 N–H and O–H groups in total. The minimum Gasteiger partial charge on any atom is -0.394 e. The van der Waals surface area contributed by atoms with Crippen molar-refractivity contribution in [2.75, 3.05) is 11.9 Å². The van der Waals surface area contributed by atoms with Crippen molar-refractivity contribution in [1.29, 1.82) is 0 Å². The Morgan fingerprint density at radius 2 is 2.46 bits per heavy atom. The molecular weight excluding hydrogens is 170 g/mol. The fourth-order valence-corrected chi connectivity index (χ4v) is 0.739. The molecular formula is C8H11N3O2. The van der Waals surface area contributed by atoms with Gasteiger partial charge >= 0.3 is 0 Å². The second-order valence-corrected chi connectivity index (χ2v) is 2.49. The molecule has 1 aromatic rings. The molecule has 0 bridgehead atoms. The van der Waals surface area contributed by atoms with Crippen LogP contribution in [-0.4, -0.2) is 28.6 Å². The van der Waals surface area contributed by atoms with E-state index in [0.717, 1.165) is 0 Å². The predicted molar refractivity (Wildman–Crippen MR) is 47.9 cm³/mol. The smallest absolute Gasteiger partial charge is 0.244 e. The maximum atomic E-state index is 11.1. The normalized spacial score (nSPS) is 12.2. The molecule has 0 fully saturated rings. The first-order chi connectivity index (χ1) is 6.24. The molecule has 0 aromatic carbocycles. The van der Waals surface area contributed by atoms with Crippen molar-refractivity contribution in [3.05, 3.63) is 24.4 Å². The van der Waals surface area contributed by atoms with E-state index in [1.54, 1.807) is 24.4 Å². The number of aliphatic hydroxyl groups excluding tert-OH is 1. The molecule has 1 unspecified atom stereocenters. The molecule has 13 heavy (non-hydrogen) atoms. The van der Waals surface area contributed by atoms with Crippen LogP contribution in [0.4, 0.5) is 5.82 Å². The summed E-state index contributed by atoms with van der Waals surface area (Å²) in [6.45, 7) is -0.376. The van der Waals surface area contributed by atoms with Crippen LogP contribution in [0.1, 0.15) is 0 Å². The Labute approximate surface area is 75.6 Å². The lowest BCUT2D eigenvalue weighted by Gasteiger charge is -2.07. The van der Waals surface area contributed by atoms with Gasteiger partial charge in [0, 0.05) is 6.20 Å². The van der Waals surface area contributed by atoms with Crippen molar-refractivity contribution in [1.82, 2.24) is 4.98 Å². The van der Waals surface area contributed by atoms with Gasteiger partial charge in [0.05, 0.1) is 6.61 Å². The fourth-order valence-electron chi connectivity index (χ4n) is 0.739. The number of carbonyl (C=O) groups is 1. The average molecular weight is 181 g/mol. The standard InChI is InChI=1S/C8H11N3O2/c9-6(5-12)8(13)11-7-3-1-2-4-10-7/h1-4,6,12H,5,9H2,(H,10,11,13). The molecule has 5 nitrogen and oxygen atoms in total. The first kappa shape index (κ1) is 9.63. The lowest BCUT2D eigenvalue weighted by molar-refractivity contribution is -0.118. The number of nitrogens with zero attached hydrogens (tertiary/aromatic N) is 1. The Balaban J connectivity index is 2.55. The molecule has 1 amide bonds. The molecule has 1 heterocycles. The lowest BCUT2D eigenvalue weighted by atomic mass is 10.3. The van der Waals surface area contributed by atoms with Crippen molar-refractivity contribution in [3.8, 4) is 0 Å². The summed E-state index contributed by atoms with van der Waals surface area (Å²) < 4.78 is 0. The molecule has 0 aliphatic rings. The summed E-state index contributed by atoms with van der Waals surface area (Å²) in [5, 5.41) is 11.0. The summed E-state index contributed by atoms with van der Waals surface area (Å²) in [6.07, 6.45) is 1.56. The maximum absolute atomic E-state index is 11.1. The van der Waals surface area contributed by atoms with Gasteiger partial charge in [0.25, 0.3) is 0 Å². The number of nitrogens with two attached hydrogens (primary N) is 1. The number of carbonyl (C=O) groups excluding carboxylic acids is 1. The third-order valence-electron chi connectivity index (χ3n) is 1.45. The van der Waals surface area contributed by atoms with E-state index in [1.165, 1.54) is 0 Å². The van der Waals surface area contributed by atoms with Crippen LogP contribution < -0.4 is 11.1 Å². The van der Waals surface area contributed by atoms with Crippen molar-refractivity contribution < 1.29 is 9.90 Å². The molecule has 1 aromatic heterocycles. The van der Waals surface area contributed by atoms with Crippen LogP contribution in [0, 0.1) is 0 Å². The van der Waals surface area contributed by atoms with Crippen molar-refractivity contribution in [3.63, 3.8) is 0 Å². The number of nitrogens with one attached hydrogen (secondary N) is 1. The summed E-state index contributed by atoms with van der Waals surface area (Å²) >= 11 is 0. The van der Waals surface area contributed by atoms with Gasteiger partial charge in [0.15, 0.2) is 0 Å². The summed E-state index contributed by atoms with van der Waals surface area (Å²) in [5.41, 5.74) is 5.27. The number of rotatable bonds is 3. The highest BCUT2D eigenvalue weighted by atomic mass is 16.3. The maximum Gasteiger partial charge on any atom is 0.244 e. The number of hydrogen-bond acceptors (Lipinski definition) is 4. The van der Waals surface area contributed by atoms with Gasteiger partial charge in [0.1, 0.15) is 11.9 Å². The van der Waals surface area contributed by atoms with Gasteiger partial charge in [-0.05, 0) is 12.1 Å². The lowest BCUT2D eigenvalue weighted by Crippen LogP contribution is -2.38. The summed E-state index contributed by atoms with van der Waals surface area (Å²) in [6, 6.07) is 4.22. The minimum absolute atomic E-state index is 0.376. The SMILES string of the molecule is NC(CO)C(=O)Nc1ccccn1. The number of amides is 1. The quantitative estimate of drug-likeness (QED) is 0.577. The zero-order valence-corrected chi connectivity index (χ0v) is 6.97. The second kappa shape index (κ2) is 4.54.